The van der Waals surface area contributed by atoms with Crippen LogP contribution in [-0.2, 0) is 0 Å². The van der Waals surface area contributed by atoms with Gasteiger partial charge in [0.15, 0.2) is 0 Å². The van der Waals surface area contributed by atoms with Crippen LogP contribution >= 0.6 is 11.3 Å². The first kappa shape index (κ1) is 30.5. The van der Waals surface area contributed by atoms with Gasteiger partial charge in [0.25, 0.3) is 0 Å². The molecular formula is C52H30O2S. The molecule has 9 aromatic carbocycles. The molecule has 256 valence electrons. The first-order valence-corrected chi connectivity index (χ1v) is 19.5. The van der Waals surface area contributed by atoms with E-state index in [9.17, 15) is 0 Å². The Bertz CT molecular complexity index is 3420. The number of rotatable bonds is 4. The van der Waals surface area contributed by atoms with Gasteiger partial charge in [0.2, 0.25) is 0 Å². The maximum absolute atomic E-state index is 6.95. The fraction of sp³-hybridized carbons (Fsp3) is 0. The molecule has 12 rings (SSSR count). The molecule has 0 fully saturated rings. The van der Waals surface area contributed by atoms with Crippen molar-refractivity contribution in [2.45, 2.75) is 0 Å². The standard InChI is InChI=1S/C52H30O2S/c1-3-15-31(16-4-1)47-43-29-42-38-24-13-26-40(51(38)54-44(42)30-45(43)53-50(47)32-17-5-2-6-18-32)48-34-20-7-9-22-36(34)49(37-23-10-8-21-35(37)48)41-27-14-25-39-33-19-11-12-28-46(33)55-52(39)41/h1-30H. The summed E-state index contributed by atoms with van der Waals surface area (Å²) in [4.78, 5) is 0. The fourth-order valence-corrected chi connectivity index (χ4v) is 10.1. The highest BCUT2D eigenvalue weighted by atomic mass is 32.1. The van der Waals surface area contributed by atoms with Gasteiger partial charge in [-0.2, -0.15) is 0 Å². The molecule has 0 bridgehead atoms. The van der Waals surface area contributed by atoms with E-state index in [1.807, 2.05) is 17.4 Å². The zero-order valence-corrected chi connectivity index (χ0v) is 30.4. The van der Waals surface area contributed by atoms with Gasteiger partial charge in [0.1, 0.15) is 22.5 Å². The molecule has 0 aliphatic carbocycles. The van der Waals surface area contributed by atoms with Crippen LogP contribution in [0.4, 0.5) is 0 Å². The summed E-state index contributed by atoms with van der Waals surface area (Å²) in [6.45, 7) is 0. The summed E-state index contributed by atoms with van der Waals surface area (Å²) in [5.74, 6) is 0.865. The van der Waals surface area contributed by atoms with E-state index < -0.39 is 0 Å². The van der Waals surface area contributed by atoms with Crippen molar-refractivity contribution < 1.29 is 8.83 Å². The third kappa shape index (κ3) is 4.48. The van der Waals surface area contributed by atoms with E-state index in [1.54, 1.807) is 0 Å². The fourth-order valence-electron chi connectivity index (χ4n) is 8.92. The summed E-state index contributed by atoms with van der Waals surface area (Å²) >= 11 is 1.88. The summed E-state index contributed by atoms with van der Waals surface area (Å²) in [5, 5.41) is 10.7. The second kappa shape index (κ2) is 11.8. The third-order valence-corrected chi connectivity index (χ3v) is 12.5. The maximum atomic E-state index is 6.95. The summed E-state index contributed by atoms with van der Waals surface area (Å²) < 4.78 is 16.3. The Hall–Kier alpha value is -6.94. The van der Waals surface area contributed by atoms with Crippen LogP contribution in [0.1, 0.15) is 0 Å². The van der Waals surface area contributed by atoms with Crippen molar-refractivity contribution in [2.24, 2.45) is 0 Å². The van der Waals surface area contributed by atoms with E-state index in [2.05, 4.69) is 176 Å². The maximum Gasteiger partial charge on any atom is 0.143 e. The lowest BCUT2D eigenvalue weighted by atomic mass is 9.85. The van der Waals surface area contributed by atoms with E-state index in [0.29, 0.717) is 0 Å². The van der Waals surface area contributed by atoms with E-state index in [0.717, 1.165) is 60.9 Å². The van der Waals surface area contributed by atoms with Gasteiger partial charge < -0.3 is 8.83 Å². The van der Waals surface area contributed by atoms with Crippen molar-refractivity contribution in [2.75, 3.05) is 0 Å². The molecule has 3 heterocycles. The van der Waals surface area contributed by atoms with Gasteiger partial charge in [0, 0.05) is 70.2 Å². The topological polar surface area (TPSA) is 26.3 Å². The van der Waals surface area contributed by atoms with Crippen molar-refractivity contribution in [1.29, 1.82) is 0 Å². The van der Waals surface area contributed by atoms with E-state index in [1.165, 1.54) is 58.4 Å². The molecule has 55 heavy (non-hydrogen) atoms. The molecule has 3 aromatic heterocycles. The van der Waals surface area contributed by atoms with Crippen LogP contribution in [0.25, 0.3) is 119 Å². The van der Waals surface area contributed by atoms with Crippen LogP contribution in [0.5, 0.6) is 0 Å². The highest BCUT2D eigenvalue weighted by Crippen LogP contribution is 2.50. The summed E-state index contributed by atoms with van der Waals surface area (Å²) in [6, 6.07) is 65.2. The Morgan fingerprint density at radius 3 is 1.55 bits per heavy atom. The number of hydrogen-bond acceptors (Lipinski definition) is 3. The average molecular weight is 719 g/mol. The van der Waals surface area contributed by atoms with Crippen molar-refractivity contribution >= 4 is 86.0 Å². The minimum atomic E-state index is 0.807. The normalized spacial score (nSPS) is 12.0. The van der Waals surface area contributed by atoms with Gasteiger partial charge in [-0.05, 0) is 44.8 Å². The Kier molecular flexibility index (Phi) is 6.54. The van der Waals surface area contributed by atoms with Crippen LogP contribution < -0.4 is 0 Å². The highest BCUT2D eigenvalue weighted by molar-refractivity contribution is 7.26. The number of benzene rings is 9. The molecule has 0 saturated carbocycles. The zero-order chi connectivity index (χ0) is 36.0. The number of furan rings is 2. The molecule has 0 unspecified atom stereocenters. The quantitative estimate of drug-likeness (QED) is 0.169. The second-order valence-electron chi connectivity index (χ2n) is 14.3. The molecule has 2 nitrogen and oxygen atoms in total. The first-order valence-electron chi connectivity index (χ1n) is 18.7. The third-order valence-electron chi connectivity index (χ3n) is 11.3. The molecule has 0 radical (unpaired) electrons. The molecule has 0 N–H and O–H groups in total. The average Bonchev–Trinajstić information content (AvgIpc) is 3.94. The smallest absolute Gasteiger partial charge is 0.143 e. The highest BCUT2D eigenvalue weighted by Gasteiger charge is 2.24. The molecule has 0 saturated heterocycles. The zero-order valence-electron chi connectivity index (χ0n) is 29.5. The lowest BCUT2D eigenvalue weighted by Gasteiger charge is -2.18. The van der Waals surface area contributed by atoms with Gasteiger partial charge in [-0.15, -0.1) is 11.3 Å². The summed E-state index contributed by atoms with van der Waals surface area (Å²) in [5.41, 5.74) is 10.6. The molecule has 0 aliphatic heterocycles. The second-order valence-corrected chi connectivity index (χ2v) is 15.3. The molecule has 0 aliphatic rings. The minimum absolute atomic E-state index is 0.807. The minimum Gasteiger partial charge on any atom is -0.455 e. The molecule has 0 atom stereocenters. The molecule has 12 aromatic rings. The number of para-hydroxylation sites is 1. The van der Waals surface area contributed by atoms with Crippen LogP contribution in [0, 0.1) is 0 Å². The molecule has 3 heteroatoms. The van der Waals surface area contributed by atoms with Gasteiger partial charge in [-0.1, -0.05) is 164 Å². The van der Waals surface area contributed by atoms with E-state index >= 15 is 0 Å². The SMILES string of the molecule is c1ccc(-c2oc3cc4oc5c(-c6c7ccccc7c(-c7cccc8c7sc7ccccc78)c7ccccc67)cccc5c4cc3c2-c2ccccc2)cc1. The Morgan fingerprint density at radius 1 is 0.327 bits per heavy atom. The molecule has 0 spiro atoms. The Balaban J connectivity index is 1.14. The summed E-state index contributed by atoms with van der Waals surface area (Å²) in [6.07, 6.45) is 0. The van der Waals surface area contributed by atoms with Crippen molar-refractivity contribution in [1.82, 2.24) is 0 Å². The van der Waals surface area contributed by atoms with Crippen LogP contribution in [0.3, 0.4) is 0 Å². The van der Waals surface area contributed by atoms with Crippen molar-refractivity contribution in [3.63, 3.8) is 0 Å². The Morgan fingerprint density at radius 2 is 0.855 bits per heavy atom. The van der Waals surface area contributed by atoms with Gasteiger partial charge in [-0.3, -0.25) is 0 Å². The number of fused-ring (bicyclic) bond motifs is 9. The number of hydrogen-bond donors (Lipinski definition) is 0. The monoisotopic (exact) mass is 718 g/mol. The predicted octanol–water partition coefficient (Wildman–Crippen LogP) is 15.7. The van der Waals surface area contributed by atoms with Gasteiger partial charge in [0.05, 0.1) is 0 Å². The summed E-state index contributed by atoms with van der Waals surface area (Å²) in [7, 11) is 0. The number of thiophene rings is 1. The first-order chi connectivity index (χ1) is 27.3. The van der Waals surface area contributed by atoms with Crippen molar-refractivity contribution in [3.8, 4) is 44.7 Å². The van der Waals surface area contributed by atoms with Crippen LogP contribution in [0.15, 0.2) is 191 Å². The Labute approximate surface area is 320 Å². The van der Waals surface area contributed by atoms with Gasteiger partial charge >= 0.3 is 0 Å². The van der Waals surface area contributed by atoms with E-state index in [4.69, 9.17) is 8.83 Å². The predicted molar refractivity (Wildman–Crippen MR) is 233 cm³/mol. The lowest BCUT2D eigenvalue weighted by molar-refractivity contribution is 0.629. The molecular weight excluding hydrogens is 689 g/mol. The lowest BCUT2D eigenvalue weighted by Crippen LogP contribution is -1.91. The van der Waals surface area contributed by atoms with E-state index in [-0.39, 0.29) is 0 Å². The molecule has 0 amide bonds. The van der Waals surface area contributed by atoms with Crippen LogP contribution in [0.2, 0.25) is 0 Å². The van der Waals surface area contributed by atoms with Gasteiger partial charge in [-0.25, -0.2) is 0 Å². The largest absolute Gasteiger partial charge is 0.455 e. The van der Waals surface area contributed by atoms with Crippen LogP contribution in [-0.4, -0.2) is 0 Å². The van der Waals surface area contributed by atoms with Crippen molar-refractivity contribution in [3.05, 3.63) is 182 Å².